The summed E-state index contributed by atoms with van der Waals surface area (Å²) in [6.45, 7) is 2.22. The van der Waals surface area contributed by atoms with E-state index in [2.05, 4.69) is 15.4 Å². The van der Waals surface area contributed by atoms with Gasteiger partial charge in [0.05, 0.1) is 11.1 Å². The Balaban J connectivity index is 1.87. The Labute approximate surface area is 120 Å². The number of rotatable bonds is 4. The van der Waals surface area contributed by atoms with Gasteiger partial charge in [0, 0.05) is 30.6 Å². The van der Waals surface area contributed by atoms with E-state index in [1.807, 2.05) is 12.1 Å². The molecule has 0 aliphatic carbocycles. The van der Waals surface area contributed by atoms with Gasteiger partial charge >= 0.3 is 0 Å². The molecule has 7 heteroatoms. The van der Waals surface area contributed by atoms with E-state index < -0.39 is 0 Å². The molecule has 0 aliphatic heterocycles. The van der Waals surface area contributed by atoms with Crippen molar-refractivity contribution in [2.75, 3.05) is 5.32 Å². The molecule has 0 unspecified atom stereocenters. The zero-order valence-corrected chi connectivity index (χ0v) is 11.4. The summed E-state index contributed by atoms with van der Waals surface area (Å²) in [5.41, 5.74) is 2.52. The fourth-order valence-corrected chi connectivity index (χ4v) is 2.23. The summed E-state index contributed by atoms with van der Waals surface area (Å²) >= 11 is 0. The van der Waals surface area contributed by atoms with Crippen LogP contribution in [0, 0.1) is 17.0 Å². The van der Waals surface area contributed by atoms with Gasteiger partial charge in [-0.3, -0.25) is 10.1 Å². The lowest BCUT2D eigenvalue weighted by Crippen LogP contribution is -2.06. The molecule has 0 radical (unpaired) electrons. The van der Waals surface area contributed by atoms with Crippen molar-refractivity contribution in [3.8, 4) is 0 Å². The molecule has 3 aromatic rings. The molecule has 1 aromatic carbocycles. The first-order valence-corrected chi connectivity index (χ1v) is 6.42. The minimum Gasteiger partial charge on any atom is -0.364 e. The van der Waals surface area contributed by atoms with Crippen LogP contribution in [0.2, 0.25) is 0 Å². The van der Waals surface area contributed by atoms with Crippen molar-refractivity contribution >= 4 is 17.0 Å². The Morgan fingerprint density at radius 1 is 1.33 bits per heavy atom. The first kappa shape index (κ1) is 13.0. The highest BCUT2D eigenvalue weighted by Gasteiger charge is 2.13. The fourth-order valence-electron chi connectivity index (χ4n) is 2.23. The second-order valence-corrected chi connectivity index (χ2v) is 4.61. The lowest BCUT2D eigenvalue weighted by Gasteiger charge is -2.09. The summed E-state index contributed by atoms with van der Waals surface area (Å²) in [5, 5.41) is 18.3. The largest absolute Gasteiger partial charge is 0.364 e. The van der Waals surface area contributed by atoms with Crippen molar-refractivity contribution in [1.82, 2.24) is 14.6 Å². The van der Waals surface area contributed by atoms with Gasteiger partial charge in [-0.05, 0) is 18.6 Å². The topological polar surface area (TPSA) is 85.4 Å². The zero-order valence-electron chi connectivity index (χ0n) is 11.4. The Morgan fingerprint density at radius 2 is 2.19 bits per heavy atom. The molecule has 0 bridgehead atoms. The average Bonchev–Trinajstić information content (AvgIpc) is 2.95. The maximum Gasteiger partial charge on any atom is 0.272 e. The molecule has 0 fully saturated rings. The van der Waals surface area contributed by atoms with E-state index in [1.54, 1.807) is 36.1 Å². The summed E-state index contributed by atoms with van der Waals surface area (Å²) in [5.74, 6) is 0.695. The molecular weight excluding hydrogens is 270 g/mol. The quantitative estimate of drug-likeness (QED) is 0.587. The number of nitro benzene ring substituents is 1. The Bertz CT molecular complexity index is 812. The van der Waals surface area contributed by atoms with Gasteiger partial charge in [-0.25, -0.2) is 9.50 Å². The maximum atomic E-state index is 10.9. The molecule has 3 rings (SSSR count). The van der Waals surface area contributed by atoms with Crippen LogP contribution in [0.15, 0.2) is 42.9 Å². The number of aromatic nitrogens is 3. The van der Waals surface area contributed by atoms with Crippen molar-refractivity contribution in [2.24, 2.45) is 0 Å². The van der Waals surface area contributed by atoms with Crippen LogP contribution >= 0.6 is 0 Å². The maximum absolute atomic E-state index is 10.9. The van der Waals surface area contributed by atoms with Crippen LogP contribution in [0.4, 0.5) is 11.5 Å². The van der Waals surface area contributed by atoms with E-state index in [0.717, 1.165) is 11.1 Å². The monoisotopic (exact) mass is 283 g/mol. The molecule has 106 valence electrons. The highest BCUT2D eigenvalue weighted by molar-refractivity contribution is 5.66. The number of nitrogens with zero attached hydrogens (tertiary/aromatic N) is 4. The number of anilines is 1. The Kier molecular flexibility index (Phi) is 3.23. The molecule has 0 amide bonds. The van der Waals surface area contributed by atoms with Crippen molar-refractivity contribution in [2.45, 2.75) is 13.5 Å². The van der Waals surface area contributed by atoms with Crippen LogP contribution in [0.25, 0.3) is 5.52 Å². The molecular formula is C14H13N5O2. The average molecular weight is 283 g/mol. The Hall–Kier alpha value is -2.96. The number of hydrogen-bond acceptors (Lipinski definition) is 5. The summed E-state index contributed by atoms with van der Waals surface area (Å²) in [7, 11) is 0. The predicted octanol–water partition coefficient (Wildman–Crippen LogP) is 2.56. The third-order valence-electron chi connectivity index (χ3n) is 3.38. The van der Waals surface area contributed by atoms with Crippen LogP contribution in [-0.4, -0.2) is 19.5 Å². The van der Waals surface area contributed by atoms with E-state index >= 15 is 0 Å². The van der Waals surface area contributed by atoms with Gasteiger partial charge in [-0.15, -0.1) is 0 Å². The molecule has 0 aliphatic rings. The van der Waals surface area contributed by atoms with Crippen LogP contribution in [0.1, 0.15) is 11.1 Å². The molecule has 0 spiro atoms. The first-order chi connectivity index (χ1) is 10.2. The number of fused-ring (bicyclic) bond motifs is 1. The van der Waals surface area contributed by atoms with Crippen molar-refractivity contribution < 1.29 is 4.92 Å². The summed E-state index contributed by atoms with van der Waals surface area (Å²) in [4.78, 5) is 14.9. The van der Waals surface area contributed by atoms with Gasteiger partial charge in [0.15, 0.2) is 5.82 Å². The van der Waals surface area contributed by atoms with E-state index in [4.69, 9.17) is 0 Å². The summed E-state index contributed by atoms with van der Waals surface area (Å²) in [6.07, 6.45) is 5.11. The zero-order chi connectivity index (χ0) is 14.8. The van der Waals surface area contributed by atoms with Crippen LogP contribution in [0.5, 0.6) is 0 Å². The van der Waals surface area contributed by atoms with Crippen LogP contribution < -0.4 is 5.32 Å². The third kappa shape index (κ3) is 2.40. The van der Waals surface area contributed by atoms with Gasteiger partial charge in [0.2, 0.25) is 0 Å². The van der Waals surface area contributed by atoms with Crippen LogP contribution in [-0.2, 0) is 6.54 Å². The fraction of sp³-hybridized carbons (Fsp3) is 0.143. The Morgan fingerprint density at radius 3 is 3.00 bits per heavy atom. The third-order valence-corrected chi connectivity index (χ3v) is 3.38. The standard InChI is InChI=1S/C14H13N5O2/c1-10-11(3-2-4-12(10)19(20)21)9-16-14-13-5-6-17-18(13)8-7-15-14/h2-8H,9H2,1H3,(H,15,16). The highest BCUT2D eigenvalue weighted by Crippen LogP contribution is 2.22. The first-order valence-electron chi connectivity index (χ1n) is 6.42. The second kappa shape index (κ2) is 5.20. The normalized spacial score (nSPS) is 10.7. The lowest BCUT2D eigenvalue weighted by molar-refractivity contribution is -0.385. The molecule has 0 atom stereocenters. The minimum absolute atomic E-state index is 0.129. The predicted molar refractivity (Wildman–Crippen MR) is 78.1 cm³/mol. The number of nitrogens with one attached hydrogen (secondary N) is 1. The summed E-state index contributed by atoms with van der Waals surface area (Å²) in [6, 6.07) is 6.92. The molecule has 0 saturated carbocycles. The molecule has 7 nitrogen and oxygen atoms in total. The van der Waals surface area contributed by atoms with Crippen LogP contribution in [0.3, 0.4) is 0 Å². The molecule has 2 heterocycles. The highest BCUT2D eigenvalue weighted by atomic mass is 16.6. The smallest absolute Gasteiger partial charge is 0.272 e. The lowest BCUT2D eigenvalue weighted by atomic mass is 10.1. The minimum atomic E-state index is -0.366. The number of hydrogen-bond donors (Lipinski definition) is 1. The second-order valence-electron chi connectivity index (χ2n) is 4.61. The molecule has 21 heavy (non-hydrogen) atoms. The van der Waals surface area contributed by atoms with E-state index in [9.17, 15) is 10.1 Å². The SMILES string of the molecule is Cc1c(CNc2nccn3nccc23)cccc1[N+](=O)[O-]. The van der Waals surface area contributed by atoms with Crippen molar-refractivity contribution in [3.05, 3.63) is 64.1 Å². The number of nitro groups is 1. The molecule has 2 aromatic heterocycles. The van der Waals surface area contributed by atoms with Crippen molar-refractivity contribution in [1.29, 1.82) is 0 Å². The van der Waals surface area contributed by atoms with Crippen molar-refractivity contribution in [3.63, 3.8) is 0 Å². The van der Waals surface area contributed by atoms with Gasteiger partial charge in [0.25, 0.3) is 5.69 Å². The van der Waals surface area contributed by atoms with Gasteiger partial charge in [0.1, 0.15) is 5.52 Å². The van der Waals surface area contributed by atoms with E-state index in [0.29, 0.717) is 17.9 Å². The van der Waals surface area contributed by atoms with E-state index in [1.165, 1.54) is 6.07 Å². The number of benzene rings is 1. The molecule has 0 saturated heterocycles. The van der Waals surface area contributed by atoms with E-state index in [-0.39, 0.29) is 10.6 Å². The van der Waals surface area contributed by atoms with Gasteiger partial charge in [-0.2, -0.15) is 5.10 Å². The molecule has 1 N–H and O–H groups in total. The van der Waals surface area contributed by atoms with Gasteiger partial charge in [-0.1, -0.05) is 12.1 Å². The summed E-state index contributed by atoms with van der Waals surface area (Å²) < 4.78 is 1.72. The van der Waals surface area contributed by atoms with Gasteiger partial charge < -0.3 is 5.32 Å².